The number of ketones is 1. The number of carbonyl (C=O) groups excluding carboxylic acids is 1. The van der Waals surface area contributed by atoms with Crippen molar-refractivity contribution < 1.29 is 9.18 Å². The third-order valence-electron chi connectivity index (χ3n) is 6.06. The zero-order valence-corrected chi connectivity index (χ0v) is 16.5. The summed E-state index contributed by atoms with van der Waals surface area (Å²) in [5, 5.41) is 1.24. The second-order valence-electron chi connectivity index (χ2n) is 7.73. The van der Waals surface area contributed by atoms with E-state index in [0.717, 1.165) is 32.0 Å². The molecule has 0 N–H and O–H groups in total. The topological polar surface area (TPSA) is 20.3 Å². The van der Waals surface area contributed by atoms with Crippen LogP contribution in [0.25, 0.3) is 0 Å². The van der Waals surface area contributed by atoms with E-state index in [1.54, 1.807) is 12.1 Å². The highest BCUT2D eigenvalue weighted by Crippen LogP contribution is 2.51. The molecule has 1 aliphatic heterocycles. The van der Waals surface area contributed by atoms with E-state index in [2.05, 4.69) is 11.0 Å². The predicted octanol–water partition coefficient (Wildman–Crippen LogP) is 5.83. The van der Waals surface area contributed by atoms with Crippen molar-refractivity contribution in [1.29, 1.82) is 0 Å². The van der Waals surface area contributed by atoms with Crippen LogP contribution in [-0.4, -0.2) is 30.3 Å². The highest BCUT2D eigenvalue weighted by molar-refractivity contribution is 6.42. The normalized spacial score (nSPS) is 24.5. The Balaban J connectivity index is 1.26. The Kier molecular flexibility index (Phi) is 5.54. The van der Waals surface area contributed by atoms with Gasteiger partial charge >= 0.3 is 0 Å². The lowest BCUT2D eigenvalue weighted by molar-refractivity contribution is 0.0976. The monoisotopic (exact) mass is 405 g/mol. The molecule has 1 aliphatic carbocycles. The van der Waals surface area contributed by atoms with Gasteiger partial charge in [-0.3, -0.25) is 4.79 Å². The quantitative estimate of drug-likeness (QED) is 0.563. The van der Waals surface area contributed by atoms with Gasteiger partial charge in [-0.1, -0.05) is 29.3 Å². The van der Waals surface area contributed by atoms with E-state index in [1.807, 2.05) is 12.1 Å². The van der Waals surface area contributed by atoms with E-state index in [9.17, 15) is 9.18 Å². The third kappa shape index (κ3) is 4.06. The van der Waals surface area contributed by atoms with E-state index in [1.165, 1.54) is 24.1 Å². The van der Waals surface area contributed by atoms with Crippen LogP contribution in [0.5, 0.6) is 0 Å². The fraction of sp³-hybridized carbons (Fsp3) is 0.409. The molecule has 1 saturated carbocycles. The SMILES string of the molecule is O=C(CCCN1CC2CC(c3ccc(Cl)c(Cl)c3)C2C1)c1ccc(F)cc1. The Labute approximate surface area is 169 Å². The maximum absolute atomic E-state index is 12.9. The first-order valence-corrected chi connectivity index (χ1v) is 10.2. The Bertz CT molecular complexity index is 839. The second kappa shape index (κ2) is 7.90. The summed E-state index contributed by atoms with van der Waals surface area (Å²) in [7, 11) is 0. The van der Waals surface area contributed by atoms with Crippen molar-refractivity contribution in [2.75, 3.05) is 19.6 Å². The first-order valence-electron chi connectivity index (χ1n) is 9.47. The lowest BCUT2D eigenvalue weighted by Crippen LogP contribution is -2.33. The minimum Gasteiger partial charge on any atom is -0.303 e. The third-order valence-corrected chi connectivity index (χ3v) is 6.80. The van der Waals surface area contributed by atoms with Gasteiger partial charge in [0, 0.05) is 25.1 Å². The molecule has 27 heavy (non-hydrogen) atoms. The van der Waals surface area contributed by atoms with Crippen LogP contribution >= 0.6 is 23.2 Å². The first kappa shape index (κ1) is 18.9. The molecular weight excluding hydrogens is 384 g/mol. The minimum atomic E-state index is -0.310. The molecule has 2 aliphatic rings. The molecule has 0 bridgehead atoms. The molecule has 2 fully saturated rings. The van der Waals surface area contributed by atoms with Crippen molar-refractivity contribution in [3.63, 3.8) is 0 Å². The molecule has 3 unspecified atom stereocenters. The van der Waals surface area contributed by atoms with Crippen LogP contribution in [0.1, 0.15) is 41.1 Å². The summed E-state index contributed by atoms with van der Waals surface area (Å²) in [4.78, 5) is 14.7. The number of Topliss-reactive ketones (excluding diaryl/α,β-unsaturated/α-hetero) is 1. The maximum Gasteiger partial charge on any atom is 0.162 e. The van der Waals surface area contributed by atoms with Crippen molar-refractivity contribution in [2.45, 2.75) is 25.2 Å². The molecule has 142 valence electrons. The molecular formula is C22H22Cl2FNO. The zero-order chi connectivity index (χ0) is 19.0. The van der Waals surface area contributed by atoms with Gasteiger partial charge in [-0.2, -0.15) is 0 Å². The van der Waals surface area contributed by atoms with Gasteiger partial charge in [-0.25, -0.2) is 4.39 Å². The van der Waals surface area contributed by atoms with Crippen LogP contribution in [0.4, 0.5) is 4.39 Å². The molecule has 1 heterocycles. The van der Waals surface area contributed by atoms with Gasteiger partial charge in [-0.15, -0.1) is 0 Å². The van der Waals surface area contributed by atoms with Crippen LogP contribution in [0.15, 0.2) is 42.5 Å². The Morgan fingerprint density at radius 2 is 1.85 bits per heavy atom. The largest absolute Gasteiger partial charge is 0.303 e. The molecule has 2 aromatic rings. The van der Waals surface area contributed by atoms with E-state index in [4.69, 9.17) is 23.2 Å². The van der Waals surface area contributed by atoms with Crippen LogP contribution in [0, 0.1) is 17.7 Å². The summed E-state index contributed by atoms with van der Waals surface area (Å²) in [5.74, 6) is 1.77. The Hall–Kier alpha value is -1.42. The van der Waals surface area contributed by atoms with E-state index >= 15 is 0 Å². The summed E-state index contributed by atoms with van der Waals surface area (Å²) in [6.45, 7) is 3.14. The lowest BCUT2D eigenvalue weighted by Gasteiger charge is -2.40. The summed E-state index contributed by atoms with van der Waals surface area (Å²) >= 11 is 12.2. The van der Waals surface area contributed by atoms with Gasteiger partial charge in [-0.05, 0) is 79.1 Å². The zero-order valence-electron chi connectivity index (χ0n) is 15.0. The fourth-order valence-corrected chi connectivity index (χ4v) is 4.86. The Morgan fingerprint density at radius 3 is 2.59 bits per heavy atom. The number of nitrogens with zero attached hydrogens (tertiary/aromatic N) is 1. The summed E-state index contributed by atoms with van der Waals surface area (Å²) in [5.41, 5.74) is 1.89. The molecule has 5 heteroatoms. The number of rotatable bonds is 6. The highest BCUT2D eigenvalue weighted by Gasteiger charge is 2.47. The molecule has 2 aromatic carbocycles. The van der Waals surface area contributed by atoms with Crippen molar-refractivity contribution >= 4 is 29.0 Å². The van der Waals surface area contributed by atoms with Crippen LogP contribution in [0.3, 0.4) is 0 Å². The number of hydrogen-bond donors (Lipinski definition) is 0. The summed E-state index contributed by atoms with van der Waals surface area (Å²) in [6, 6.07) is 11.8. The van der Waals surface area contributed by atoms with Crippen molar-refractivity contribution in [3.05, 3.63) is 69.5 Å². The summed E-state index contributed by atoms with van der Waals surface area (Å²) in [6.07, 6.45) is 2.55. The van der Waals surface area contributed by atoms with Crippen LogP contribution < -0.4 is 0 Å². The molecule has 0 aromatic heterocycles. The predicted molar refractivity (Wildman–Crippen MR) is 107 cm³/mol. The van der Waals surface area contributed by atoms with Gasteiger partial charge < -0.3 is 4.90 Å². The standard InChI is InChI=1S/C22H22Cl2FNO/c23-20-8-5-15(11-21(20)24)18-10-16-12-26(13-19(16)18)9-1-2-22(27)14-3-6-17(25)7-4-14/h3-8,11,16,18-19H,1-2,9-10,12-13H2. The van der Waals surface area contributed by atoms with Gasteiger partial charge in [0.25, 0.3) is 0 Å². The molecule has 2 nitrogen and oxygen atoms in total. The van der Waals surface area contributed by atoms with E-state index in [0.29, 0.717) is 33.9 Å². The molecule has 0 spiro atoms. The Morgan fingerprint density at radius 1 is 1.07 bits per heavy atom. The van der Waals surface area contributed by atoms with E-state index in [-0.39, 0.29) is 11.6 Å². The number of halogens is 3. The minimum absolute atomic E-state index is 0.0888. The van der Waals surface area contributed by atoms with Crippen LogP contribution in [0.2, 0.25) is 10.0 Å². The lowest BCUT2D eigenvalue weighted by atomic mass is 9.64. The van der Waals surface area contributed by atoms with Crippen molar-refractivity contribution in [3.8, 4) is 0 Å². The fourth-order valence-electron chi connectivity index (χ4n) is 4.55. The average Bonchev–Trinajstić information content (AvgIpc) is 2.95. The first-order chi connectivity index (χ1) is 13.0. The average molecular weight is 406 g/mol. The number of likely N-dealkylation sites (tertiary alicyclic amines) is 1. The second-order valence-corrected chi connectivity index (χ2v) is 8.55. The van der Waals surface area contributed by atoms with Crippen molar-refractivity contribution in [1.82, 2.24) is 4.90 Å². The number of benzene rings is 2. The molecule has 1 saturated heterocycles. The molecule has 0 radical (unpaired) electrons. The van der Waals surface area contributed by atoms with Crippen LogP contribution in [-0.2, 0) is 0 Å². The van der Waals surface area contributed by atoms with Gasteiger partial charge in [0.15, 0.2) is 5.78 Å². The molecule has 0 amide bonds. The highest BCUT2D eigenvalue weighted by atomic mass is 35.5. The van der Waals surface area contributed by atoms with Gasteiger partial charge in [0.2, 0.25) is 0 Å². The number of fused-ring (bicyclic) bond motifs is 1. The van der Waals surface area contributed by atoms with Gasteiger partial charge in [0.05, 0.1) is 10.0 Å². The molecule has 3 atom stereocenters. The van der Waals surface area contributed by atoms with E-state index < -0.39 is 0 Å². The van der Waals surface area contributed by atoms with Crippen molar-refractivity contribution in [2.24, 2.45) is 11.8 Å². The summed E-state index contributed by atoms with van der Waals surface area (Å²) < 4.78 is 12.9. The smallest absolute Gasteiger partial charge is 0.162 e. The maximum atomic E-state index is 12.9. The molecule has 4 rings (SSSR count). The number of hydrogen-bond acceptors (Lipinski definition) is 2. The number of carbonyl (C=O) groups is 1. The van der Waals surface area contributed by atoms with Gasteiger partial charge in [0.1, 0.15) is 5.82 Å².